The van der Waals surface area contributed by atoms with E-state index in [9.17, 15) is 4.79 Å². The van der Waals surface area contributed by atoms with Crippen molar-refractivity contribution in [3.05, 3.63) is 36.4 Å². The fourth-order valence-electron chi connectivity index (χ4n) is 4.30. The number of piperidine rings is 1. The maximum absolute atomic E-state index is 12.9. The van der Waals surface area contributed by atoms with Gasteiger partial charge in [0.1, 0.15) is 5.82 Å². The summed E-state index contributed by atoms with van der Waals surface area (Å²) < 4.78 is 7.71. The first-order valence-electron chi connectivity index (χ1n) is 10.0. The minimum Gasteiger partial charge on any atom is -0.381 e. The summed E-state index contributed by atoms with van der Waals surface area (Å²) in [6.45, 7) is 6.19. The van der Waals surface area contributed by atoms with Crippen LogP contribution in [0.25, 0.3) is 11.4 Å². The molecule has 27 heavy (non-hydrogen) atoms. The number of rotatable bonds is 4. The molecule has 0 saturated carbocycles. The van der Waals surface area contributed by atoms with Crippen molar-refractivity contribution < 1.29 is 9.53 Å². The van der Waals surface area contributed by atoms with Crippen molar-refractivity contribution in [2.45, 2.75) is 39.2 Å². The highest BCUT2D eigenvalue weighted by Gasteiger charge is 2.30. The predicted octanol–water partition coefficient (Wildman–Crippen LogP) is 2.92. The van der Waals surface area contributed by atoms with Crippen LogP contribution in [0.15, 0.2) is 30.7 Å². The van der Waals surface area contributed by atoms with Gasteiger partial charge in [-0.15, -0.1) is 0 Å². The molecule has 0 aliphatic carbocycles. The van der Waals surface area contributed by atoms with Crippen LogP contribution in [0.4, 0.5) is 0 Å². The maximum atomic E-state index is 12.9. The molecule has 2 saturated heterocycles. The number of carbonyl (C=O) groups is 1. The Bertz CT molecular complexity index is 768. The molecular weight excluding hydrogens is 340 g/mol. The van der Waals surface area contributed by atoms with E-state index >= 15 is 0 Å². The normalized spacial score (nSPS) is 21.4. The highest BCUT2D eigenvalue weighted by atomic mass is 16.5. The van der Waals surface area contributed by atoms with Crippen molar-refractivity contribution in [2.75, 3.05) is 26.3 Å². The van der Waals surface area contributed by atoms with Crippen LogP contribution in [0.5, 0.6) is 0 Å². The molecule has 0 radical (unpaired) electrons. The van der Waals surface area contributed by atoms with Gasteiger partial charge in [-0.3, -0.25) is 9.78 Å². The van der Waals surface area contributed by atoms with Gasteiger partial charge in [-0.25, -0.2) is 4.98 Å². The molecule has 0 aromatic carbocycles. The Labute approximate surface area is 160 Å². The second-order valence-electron chi connectivity index (χ2n) is 7.75. The molecule has 2 fully saturated rings. The van der Waals surface area contributed by atoms with Crippen molar-refractivity contribution in [1.82, 2.24) is 19.4 Å². The molecule has 2 aliphatic heterocycles. The van der Waals surface area contributed by atoms with Gasteiger partial charge in [-0.2, -0.15) is 0 Å². The summed E-state index contributed by atoms with van der Waals surface area (Å²) in [7, 11) is 0. The van der Waals surface area contributed by atoms with Crippen molar-refractivity contribution in [2.24, 2.45) is 11.8 Å². The highest BCUT2D eigenvalue weighted by molar-refractivity contribution is 5.79. The first-order chi connectivity index (χ1) is 13.2. The molecule has 0 N–H and O–H groups in total. The van der Waals surface area contributed by atoms with Gasteiger partial charge >= 0.3 is 0 Å². The van der Waals surface area contributed by atoms with E-state index in [-0.39, 0.29) is 5.92 Å². The Morgan fingerprint density at radius 1 is 1.22 bits per heavy atom. The molecule has 2 aromatic heterocycles. The van der Waals surface area contributed by atoms with E-state index < -0.39 is 0 Å². The summed E-state index contributed by atoms with van der Waals surface area (Å²) in [5.41, 5.74) is 2.25. The Kier molecular flexibility index (Phi) is 5.53. The van der Waals surface area contributed by atoms with E-state index in [1.807, 2.05) is 18.3 Å². The van der Waals surface area contributed by atoms with Crippen LogP contribution in [0.3, 0.4) is 0 Å². The van der Waals surface area contributed by atoms with Crippen molar-refractivity contribution in [3.8, 4) is 11.4 Å². The molecule has 6 heteroatoms. The molecule has 1 unspecified atom stereocenters. The van der Waals surface area contributed by atoms with E-state index in [1.165, 1.54) is 0 Å². The quantitative estimate of drug-likeness (QED) is 0.833. The highest BCUT2D eigenvalue weighted by Crippen LogP contribution is 2.26. The monoisotopic (exact) mass is 368 g/mol. The van der Waals surface area contributed by atoms with Gasteiger partial charge in [0.2, 0.25) is 5.91 Å². The topological polar surface area (TPSA) is 60.2 Å². The second-order valence-corrected chi connectivity index (χ2v) is 7.75. The number of carbonyl (C=O) groups excluding carboxylic acids is 1. The van der Waals surface area contributed by atoms with Gasteiger partial charge in [0, 0.05) is 68.6 Å². The Morgan fingerprint density at radius 3 is 2.78 bits per heavy atom. The summed E-state index contributed by atoms with van der Waals surface area (Å²) in [5, 5.41) is 0. The van der Waals surface area contributed by atoms with Crippen molar-refractivity contribution in [3.63, 3.8) is 0 Å². The molecular formula is C21H28N4O2. The third kappa shape index (κ3) is 4.05. The van der Waals surface area contributed by atoms with Gasteiger partial charge in [0.15, 0.2) is 0 Å². The average molecular weight is 368 g/mol. The lowest BCUT2D eigenvalue weighted by molar-refractivity contribution is -0.140. The molecule has 4 rings (SSSR count). The van der Waals surface area contributed by atoms with Crippen LogP contribution in [-0.4, -0.2) is 51.6 Å². The smallest absolute Gasteiger partial charge is 0.225 e. The van der Waals surface area contributed by atoms with Crippen LogP contribution < -0.4 is 0 Å². The zero-order valence-electron chi connectivity index (χ0n) is 16.0. The van der Waals surface area contributed by atoms with Gasteiger partial charge in [-0.1, -0.05) is 0 Å². The molecule has 0 bridgehead atoms. The van der Waals surface area contributed by atoms with E-state index in [0.29, 0.717) is 11.8 Å². The van der Waals surface area contributed by atoms with Gasteiger partial charge in [0.05, 0.1) is 0 Å². The van der Waals surface area contributed by atoms with E-state index in [2.05, 4.69) is 26.4 Å². The summed E-state index contributed by atoms with van der Waals surface area (Å²) in [5.74, 6) is 1.94. The molecule has 4 heterocycles. The van der Waals surface area contributed by atoms with Gasteiger partial charge in [-0.05, 0) is 50.7 Å². The number of amides is 1. The number of imidazole rings is 1. The lowest BCUT2D eigenvalue weighted by Gasteiger charge is -2.36. The first kappa shape index (κ1) is 18.2. The first-order valence-corrected chi connectivity index (χ1v) is 10.0. The number of nitrogens with zero attached hydrogens (tertiary/aromatic N) is 4. The largest absolute Gasteiger partial charge is 0.381 e. The van der Waals surface area contributed by atoms with Crippen LogP contribution in [-0.2, 0) is 16.1 Å². The summed E-state index contributed by atoms with van der Waals surface area (Å²) >= 11 is 0. The van der Waals surface area contributed by atoms with Gasteiger partial charge in [0.25, 0.3) is 0 Å². The van der Waals surface area contributed by atoms with Crippen LogP contribution in [0, 0.1) is 18.8 Å². The lowest BCUT2D eigenvalue weighted by atomic mass is 9.93. The fraction of sp³-hybridized carbons (Fsp3) is 0.571. The zero-order chi connectivity index (χ0) is 18.6. The lowest BCUT2D eigenvalue weighted by Crippen LogP contribution is -2.45. The zero-order valence-corrected chi connectivity index (χ0v) is 16.0. The molecule has 6 nitrogen and oxygen atoms in total. The minimum absolute atomic E-state index is 0.153. The third-order valence-corrected chi connectivity index (χ3v) is 5.84. The average Bonchev–Trinajstić information content (AvgIpc) is 3.09. The molecule has 1 amide bonds. The predicted molar refractivity (Wildman–Crippen MR) is 103 cm³/mol. The minimum atomic E-state index is 0.153. The van der Waals surface area contributed by atoms with E-state index in [1.54, 1.807) is 12.4 Å². The van der Waals surface area contributed by atoms with E-state index in [4.69, 9.17) is 4.74 Å². The number of ether oxygens (including phenoxy) is 1. The molecule has 1 atom stereocenters. The number of hydrogen-bond acceptors (Lipinski definition) is 4. The standard InChI is InChI=1S/C21H28N4O2/c1-16-13-23-20(18-4-8-22-9-5-18)25(16)15-17-3-2-10-24(14-17)21(26)19-6-11-27-12-7-19/h4-5,8-9,13,17,19H,2-3,6-7,10-12,14-15H2,1H3. The summed E-state index contributed by atoms with van der Waals surface area (Å²) in [6, 6.07) is 4.00. The SMILES string of the molecule is Cc1cnc(-c2ccncc2)n1CC1CCCN(C(=O)C2CCOCC2)C1. The number of aryl methyl sites for hydroxylation is 1. The van der Waals surface area contributed by atoms with Crippen molar-refractivity contribution >= 4 is 5.91 Å². The van der Waals surface area contributed by atoms with Crippen LogP contribution >= 0.6 is 0 Å². The number of hydrogen-bond donors (Lipinski definition) is 0. The van der Waals surface area contributed by atoms with Crippen LogP contribution in [0.1, 0.15) is 31.4 Å². The molecule has 2 aromatic rings. The molecule has 2 aliphatic rings. The number of pyridine rings is 1. The molecule has 0 spiro atoms. The van der Waals surface area contributed by atoms with E-state index in [0.717, 1.165) is 75.6 Å². The molecule has 144 valence electrons. The Hall–Kier alpha value is -2.21. The van der Waals surface area contributed by atoms with Crippen molar-refractivity contribution in [1.29, 1.82) is 0 Å². The second kappa shape index (κ2) is 8.21. The summed E-state index contributed by atoms with van der Waals surface area (Å²) in [4.78, 5) is 23.7. The Balaban J connectivity index is 1.45. The van der Waals surface area contributed by atoms with Gasteiger partial charge < -0.3 is 14.2 Å². The fourth-order valence-corrected chi connectivity index (χ4v) is 4.30. The Morgan fingerprint density at radius 2 is 2.00 bits per heavy atom. The van der Waals surface area contributed by atoms with Crippen LogP contribution in [0.2, 0.25) is 0 Å². The number of likely N-dealkylation sites (tertiary alicyclic amines) is 1. The number of aromatic nitrogens is 3. The third-order valence-electron chi connectivity index (χ3n) is 5.84. The summed E-state index contributed by atoms with van der Waals surface area (Å²) in [6.07, 6.45) is 9.52. The maximum Gasteiger partial charge on any atom is 0.225 e.